The second kappa shape index (κ2) is 6.81. The molecule has 0 aromatic rings. The van der Waals surface area contributed by atoms with Gasteiger partial charge in [-0.15, -0.1) is 0 Å². The van der Waals surface area contributed by atoms with Crippen LogP contribution in [0.2, 0.25) is 0 Å². The van der Waals surface area contributed by atoms with Crippen molar-refractivity contribution in [2.75, 3.05) is 26.7 Å². The first-order valence-electron chi connectivity index (χ1n) is 6.07. The molecule has 0 bridgehead atoms. The molecule has 0 saturated carbocycles. The number of nitrogens with zero attached hydrogens (tertiary/aromatic N) is 2. The molecule has 0 aromatic carbocycles. The summed E-state index contributed by atoms with van der Waals surface area (Å²) >= 11 is 0. The smallest absolute Gasteiger partial charge is 0.0638 e. The Balaban J connectivity index is 2.43. The van der Waals surface area contributed by atoms with E-state index >= 15 is 0 Å². The van der Waals surface area contributed by atoms with Gasteiger partial charge in [0.25, 0.3) is 0 Å². The monoisotopic (exact) mass is 209 g/mol. The van der Waals surface area contributed by atoms with Gasteiger partial charge in [0, 0.05) is 12.6 Å². The van der Waals surface area contributed by atoms with E-state index in [-0.39, 0.29) is 0 Å². The Hall–Kier alpha value is -0.590. The minimum Gasteiger partial charge on any atom is -0.319 e. The number of hydrogen-bond acceptors (Lipinski definition) is 3. The largest absolute Gasteiger partial charge is 0.319 e. The quantitative estimate of drug-likeness (QED) is 0.747. The molecule has 3 heteroatoms. The number of rotatable bonds is 5. The van der Waals surface area contributed by atoms with Gasteiger partial charge < -0.3 is 5.32 Å². The predicted molar refractivity (Wildman–Crippen MR) is 62.5 cm³/mol. The molecule has 1 fully saturated rings. The van der Waals surface area contributed by atoms with Crippen LogP contribution >= 0.6 is 0 Å². The van der Waals surface area contributed by atoms with Crippen molar-refractivity contribution in [2.45, 2.75) is 38.6 Å². The highest BCUT2D eigenvalue weighted by molar-refractivity contribution is 4.85. The molecule has 2 atom stereocenters. The van der Waals surface area contributed by atoms with Gasteiger partial charge in [-0.3, -0.25) is 4.90 Å². The standard InChI is InChI=1S/C12H23N3/c1-3-12(6-7-13)15-8-4-5-11(10-15)9-14-2/h11-12,14H,3-6,8-10H2,1-2H3. The Morgan fingerprint density at radius 1 is 1.60 bits per heavy atom. The van der Waals surface area contributed by atoms with Gasteiger partial charge in [0.2, 0.25) is 0 Å². The van der Waals surface area contributed by atoms with E-state index in [9.17, 15) is 0 Å². The van der Waals surface area contributed by atoms with Gasteiger partial charge in [0.05, 0.1) is 12.5 Å². The third kappa shape index (κ3) is 3.81. The van der Waals surface area contributed by atoms with Crippen LogP contribution in [0.4, 0.5) is 0 Å². The molecular formula is C12H23N3. The summed E-state index contributed by atoms with van der Waals surface area (Å²) in [6, 6.07) is 2.79. The highest BCUT2D eigenvalue weighted by atomic mass is 15.2. The molecular weight excluding hydrogens is 186 g/mol. The van der Waals surface area contributed by atoms with E-state index in [0.29, 0.717) is 12.5 Å². The van der Waals surface area contributed by atoms with E-state index in [1.807, 2.05) is 7.05 Å². The molecule has 15 heavy (non-hydrogen) atoms. The fourth-order valence-corrected chi connectivity index (χ4v) is 2.52. The first kappa shape index (κ1) is 12.5. The summed E-state index contributed by atoms with van der Waals surface area (Å²) < 4.78 is 0. The van der Waals surface area contributed by atoms with Crippen LogP contribution in [-0.2, 0) is 0 Å². The minimum atomic E-state index is 0.481. The molecule has 1 aliphatic heterocycles. The lowest BCUT2D eigenvalue weighted by Gasteiger charge is -2.37. The highest BCUT2D eigenvalue weighted by Gasteiger charge is 2.24. The number of nitriles is 1. The summed E-state index contributed by atoms with van der Waals surface area (Å²) in [5.41, 5.74) is 0. The van der Waals surface area contributed by atoms with Crippen LogP contribution in [-0.4, -0.2) is 37.6 Å². The predicted octanol–water partition coefficient (Wildman–Crippen LogP) is 1.61. The average molecular weight is 209 g/mol. The Labute approximate surface area is 93.5 Å². The van der Waals surface area contributed by atoms with Gasteiger partial charge in [-0.25, -0.2) is 0 Å². The molecule has 0 radical (unpaired) electrons. The molecule has 1 heterocycles. The SMILES string of the molecule is CCC(CC#N)N1CCCC(CNC)C1. The molecule has 1 saturated heterocycles. The lowest BCUT2D eigenvalue weighted by Crippen LogP contribution is -2.44. The van der Waals surface area contributed by atoms with Gasteiger partial charge in [-0.2, -0.15) is 5.26 Å². The van der Waals surface area contributed by atoms with Crippen molar-refractivity contribution in [1.82, 2.24) is 10.2 Å². The van der Waals surface area contributed by atoms with Crippen LogP contribution < -0.4 is 5.32 Å². The molecule has 3 nitrogen and oxygen atoms in total. The average Bonchev–Trinajstić information content (AvgIpc) is 2.27. The highest BCUT2D eigenvalue weighted by Crippen LogP contribution is 2.20. The van der Waals surface area contributed by atoms with Gasteiger partial charge in [-0.1, -0.05) is 6.92 Å². The molecule has 0 spiro atoms. The number of likely N-dealkylation sites (tertiary alicyclic amines) is 1. The van der Waals surface area contributed by atoms with E-state index in [1.54, 1.807) is 0 Å². The van der Waals surface area contributed by atoms with Crippen LogP contribution in [0.1, 0.15) is 32.6 Å². The lowest BCUT2D eigenvalue weighted by molar-refractivity contribution is 0.121. The Kier molecular flexibility index (Phi) is 5.67. The fourth-order valence-electron chi connectivity index (χ4n) is 2.52. The molecule has 0 amide bonds. The summed E-state index contributed by atoms with van der Waals surface area (Å²) in [7, 11) is 2.02. The maximum atomic E-state index is 8.78. The molecule has 1 rings (SSSR count). The zero-order valence-corrected chi connectivity index (χ0v) is 10.00. The van der Waals surface area contributed by atoms with E-state index in [0.717, 1.165) is 18.9 Å². The fraction of sp³-hybridized carbons (Fsp3) is 0.917. The third-order valence-corrected chi connectivity index (χ3v) is 3.36. The van der Waals surface area contributed by atoms with E-state index in [4.69, 9.17) is 5.26 Å². The second-order valence-electron chi connectivity index (χ2n) is 4.49. The van der Waals surface area contributed by atoms with Crippen LogP contribution in [0.15, 0.2) is 0 Å². The van der Waals surface area contributed by atoms with E-state index < -0.39 is 0 Å². The third-order valence-electron chi connectivity index (χ3n) is 3.36. The summed E-state index contributed by atoms with van der Waals surface area (Å²) in [5.74, 6) is 0.775. The van der Waals surface area contributed by atoms with Crippen molar-refractivity contribution < 1.29 is 0 Å². The van der Waals surface area contributed by atoms with Crippen LogP contribution in [0.5, 0.6) is 0 Å². The number of hydrogen-bond donors (Lipinski definition) is 1. The van der Waals surface area contributed by atoms with Crippen molar-refractivity contribution in [3.63, 3.8) is 0 Å². The van der Waals surface area contributed by atoms with E-state index in [1.165, 1.54) is 25.9 Å². The first-order chi connectivity index (χ1) is 7.31. The molecule has 2 unspecified atom stereocenters. The molecule has 1 aliphatic rings. The minimum absolute atomic E-state index is 0.481. The maximum Gasteiger partial charge on any atom is 0.0638 e. The van der Waals surface area contributed by atoms with Crippen molar-refractivity contribution in [3.8, 4) is 6.07 Å². The topological polar surface area (TPSA) is 39.1 Å². The van der Waals surface area contributed by atoms with Crippen molar-refractivity contribution in [2.24, 2.45) is 5.92 Å². The summed E-state index contributed by atoms with van der Waals surface area (Å²) in [6.45, 7) is 5.64. The Bertz CT molecular complexity index is 207. The second-order valence-corrected chi connectivity index (χ2v) is 4.49. The van der Waals surface area contributed by atoms with Gasteiger partial charge >= 0.3 is 0 Å². The van der Waals surface area contributed by atoms with Gasteiger partial charge in [0.1, 0.15) is 0 Å². The van der Waals surface area contributed by atoms with Gasteiger partial charge in [-0.05, 0) is 45.3 Å². The Morgan fingerprint density at radius 2 is 2.40 bits per heavy atom. The van der Waals surface area contributed by atoms with Crippen molar-refractivity contribution in [3.05, 3.63) is 0 Å². The van der Waals surface area contributed by atoms with E-state index in [2.05, 4.69) is 23.2 Å². The Morgan fingerprint density at radius 3 is 3.00 bits per heavy atom. The normalized spacial score (nSPS) is 24.7. The molecule has 1 N–H and O–H groups in total. The molecule has 86 valence electrons. The number of piperidine rings is 1. The number of nitrogens with one attached hydrogen (secondary N) is 1. The first-order valence-corrected chi connectivity index (χ1v) is 6.07. The van der Waals surface area contributed by atoms with Gasteiger partial charge in [0.15, 0.2) is 0 Å². The summed E-state index contributed by atoms with van der Waals surface area (Å²) in [4.78, 5) is 2.51. The zero-order valence-electron chi connectivity index (χ0n) is 10.00. The van der Waals surface area contributed by atoms with Crippen molar-refractivity contribution >= 4 is 0 Å². The maximum absolute atomic E-state index is 8.78. The van der Waals surface area contributed by atoms with Crippen LogP contribution in [0.3, 0.4) is 0 Å². The lowest BCUT2D eigenvalue weighted by atomic mass is 9.95. The molecule has 0 aromatic heterocycles. The molecule has 0 aliphatic carbocycles. The summed E-state index contributed by atoms with van der Waals surface area (Å²) in [6.07, 6.45) is 4.40. The van der Waals surface area contributed by atoms with Crippen molar-refractivity contribution in [1.29, 1.82) is 5.26 Å². The van der Waals surface area contributed by atoms with Crippen LogP contribution in [0.25, 0.3) is 0 Å². The van der Waals surface area contributed by atoms with Crippen LogP contribution in [0, 0.1) is 17.2 Å². The summed E-state index contributed by atoms with van der Waals surface area (Å²) in [5, 5.41) is 12.0. The zero-order chi connectivity index (χ0) is 11.1.